The highest BCUT2D eigenvalue weighted by atomic mass is 32.1. The number of piperidine rings is 1. The SMILES string of the molecule is CCOC(=O)c1c(NC(=S)N2C[C@H]3C[C@@H](C2)c2cccc(=O)n2C3)sc2c1CCC(C)C2. The summed E-state index contributed by atoms with van der Waals surface area (Å²) in [5.41, 5.74) is 3.01. The molecule has 1 aliphatic carbocycles. The number of carbonyl (C=O) groups is 1. The minimum absolute atomic E-state index is 0.0869. The maximum Gasteiger partial charge on any atom is 0.341 e. The van der Waals surface area contributed by atoms with E-state index in [0.717, 1.165) is 61.6 Å². The monoisotopic (exact) mass is 471 g/mol. The highest BCUT2D eigenvalue weighted by Crippen LogP contribution is 2.41. The van der Waals surface area contributed by atoms with Gasteiger partial charge in [0.25, 0.3) is 5.56 Å². The van der Waals surface area contributed by atoms with Gasteiger partial charge in [-0.15, -0.1) is 11.3 Å². The van der Waals surface area contributed by atoms with Crippen LogP contribution in [-0.2, 0) is 24.1 Å². The zero-order valence-electron chi connectivity index (χ0n) is 18.6. The predicted molar refractivity (Wildman–Crippen MR) is 131 cm³/mol. The van der Waals surface area contributed by atoms with Gasteiger partial charge in [-0.1, -0.05) is 13.0 Å². The molecule has 1 fully saturated rings. The van der Waals surface area contributed by atoms with Crippen molar-refractivity contribution in [1.82, 2.24) is 9.47 Å². The second-order valence-electron chi connectivity index (χ2n) is 9.31. The number of esters is 1. The number of pyridine rings is 1. The molecule has 6 nitrogen and oxygen atoms in total. The normalized spacial score (nSPS) is 23.8. The second-order valence-corrected chi connectivity index (χ2v) is 10.8. The highest BCUT2D eigenvalue weighted by molar-refractivity contribution is 7.80. The molecule has 2 aromatic rings. The Morgan fingerprint density at radius 2 is 2.16 bits per heavy atom. The first kappa shape index (κ1) is 21.6. The van der Waals surface area contributed by atoms with Crippen molar-refractivity contribution in [2.24, 2.45) is 11.8 Å². The van der Waals surface area contributed by atoms with E-state index in [-0.39, 0.29) is 17.4 Å². The fraction of sp³-hybridized carbons (Fsp3) is 0.542. The summed E-state index contributed by atoms with van der Waals surface area (Å²) in [4.78, 5) is 28.6. The lowest BCUT2D eigenvalue weighted by Crippen LogP contribution is -2.50. The fourth-order valence-corrected chi connectivity index (χ4v) is 7.21. The summed E-state index contributed by atoms with van der Waals surface area (Å²) in [6, 6.07) is 5.56. The summed E-state index contributed by atoms with van der Waals surface area (Å²) >= 11 is 7.49. The number of hydrogen-bond donors (Lipinski definition) is 1. The molecule has 170 valence electrons. The number of carbonyl (C=O) groups excluding carboxylic acids is 1. The van der Waals surface area contributed by atoms with E-state index >= 15 is 0 Å². The lowest BCUT2D eigenvalue weighted by atomic mass is 9.83. The Labute approximate surface area is 197 Å². The van der Waals surface area contributed by atoms with Crippen molar-refractivity contribution < 1.29 is 9.53 Å². The Morgan fingerprint density at radius 3 is 2.97 bits per heavy atom. The van der Waals surface area contributed by atoms with E-state index in [0.29, 0.717) is 29.1 Å². The number of nitrogens with zero attached hydrogens (tertiary/aromatic N) is 2. The third kappa shape index (κ3) is 3.88. The van der Waals surface area contributed by atoms with Crippen molar-refractivity contribution in [2.45, 2.75) is 52.0 Å². The van der Waals surface area contributed by atoms with E-state index in [9.17, 15) is 9.59 Å². The summed E-state index contributed by atoms with van der Waals surface area (Å²) in [6.07, 6.45) is 4.09. The number of ether oxygens (including phenoxy) is 1. The summed E-state index contributed by atoms with van der Waals surface area (Å²) < 4.78 is 7.33. The van der Waals surface area contributed by atoms with Gasteiger partial charge < -0.3 is 19.5 Å². The Balaban J connectivity index is 1.39. The van der Waals surface area contributed by atoms with Gasteiger partial charge in [0, 0.05) is 42.2 Å². The first-order chi connectivity index (χ1) is 15.4. The van der Waals surface area contributed by atoms with Gasteiger partial charge in [0.05, 0.1) is 12.2 Å². The highest BCUT2D eigenvalue weighted by Gasteiger charge is 2.36. The minimum atomic E-state index is -0.256. The number of thiocarbonyl (C=S) groups is 1. The van der Waals surface area contributed by atoms with E-state index in [1.54, 1.807) is 17.4 Å². The van der Waals surface area contributed by atoms with E-state index in [1.165, 1.54) is 4.88 Å². The predicted octanol–water partition coefficient (Wildman–Crippen LogP) is 4.03. The molecule has 0 amide bonds. The number of aromatic nitrogens is 1. The van der Waals surface area contributed by atoms with Crippen molar-refractivity contribution in [1.29, 1.82) is 0 Å². The molecular weight excluding hydrogens is 442 g/mol. The number of anilines is 1. The van der Waals surface area contributed by atoms with Crippen LogP contribution in [0.15, 0.2) is 23.0 Å². The van der Waals surface area contributed by atoms with Crippen molar-refractivity contribution in [2.75, 3.05) is 25.0 Å². The molecule has 0 radical (unpaired) electrons. The Kier molecular flexibility index (Phi) is 5.84. The second kappa shape index (κ2) is 8.63. The van der Waals surface area contributed by atoms with E-state index in [1.807, 2.05) is 17.6 Å². The number of rotatable bonds is 3. The molecule has 0 spiro atoms. The van der Waals surface area contributed by atoms with Crippen molar-refractivity contribution in [3.05, 3.63) is 50.3 Å². The number of likely N-dealkylation sites (tertiary alicyclic amines) is 1. The molecule has 1 N–H and O–H groups in total. The Morgan fingerprint density at radius 1 is 1.31 bits per heavy atom. The minimum Gasteiger partial charge on any atom is -0.462 e. The summed E-state index contributed by atoms with van der Waals surface area (Å²) in [6.45, 7) is 6.80. The molecule has 1 unspecified atom stereocenters. The van der Waals surface area contributed by atoms with Gasteiger partial charge in [-0.25, -0.2) is 4.79 Å². The molecule has 2 aliphatic heterocycles. The zero-order valence-corrected chi connectivity index (χ0v) is 20.2. The van der Waals surface area contributed by atoms with Gasteiger partial charge in [-0.05, 0) is 68.3 Å². The van der Waals surface area contributed by atoms with Gasteiger partial charge in [0.2, 0.25) is 0 Å². The van der Waals surface area contributed by atoms with Crippen LogP contribution in [0.25, 0.3) is 0 Å². The largest absolute Gasteiger partial charge is 0.462 e. The van der Waals surface area contributed by atoms with Gasteiger partial charge in [-0.3, -0.25) is 4.79 Å². The molecule has 3 atom stereocenters. The van der Waals surface area contributed by atoms with Crippen LogP contribution in [0.4, 0.5) is 5.00 Å². The lowest BCUT2D eigenvalue weighted by Gasteiger charge is -2.43. The maximum atomic E-state index is 12.8. The quantitative estimate of drug-likeness (QED) is 0.539. The van der Waals surface area contributed by atoms with Crippen LogP contribution in [0.2, 0.25) is 0 Å². The molecule has 3 aliphatic rings. The van der Waals surface area contributed by atoms with Gasteiger partial charge >= 0.3 is 5.97 Å². The first-order valence-electron chi connectivity index (χ1n) is 11.5. The van der Waals surface area contributed by atoms with Crippen LogP contribution in [0, 0.1) is 11.8 Å². The molecule has 4 heterocycles. The first-order valence-corrected chi connectivity index (χ1v) is 12.7. The standard InChI is InChI=1S/C24H29N3O3S2/c1-3-30-23(29)21-17-8-7-14(2)9-19(17)32-22(21)25-24(31)26-11-15-10-16(13-26)18-5-4-6-20(28)27(18)12-15/h4-6,14-16H,3,7-13H2,1-2H3,(H,25,31)/t14?,15-,16+/m1/s1. The number of nitrogens with one attached hydrogen (secondary N) is 1. The van der Waals surface area contributed by atoms with Crippen molar-refractivity contribution >= 4 is 39.6 Å². The Hall–Kier alpha value is -2.19. The third-order valence-corrected chi connectivity index (χ3v) is 8.51. The van der Waals surface area contributed by atoms with Crippen LogP contribution >= 0.6 is 23.6 Å². The lowest BCUT2D eigenvalue weighted by molar-refractivity contribution is 0.0526. The van der Waals surface area contributed by atoms with Crippen molar-refractivity contribution in [3.8, 4) is 0 Å². The van der Waals surface area contributed by atoms with Gasteiger partial charge in [0.1, 0.15) is 5.00 Å². The third-order valence-electron chi connectivity index (χ3n) is 6.98. The van der Waals surface area contributed by atoms with E-state index in [4.69, 9.17) is 17.0 Å². The van der Waals surface area contributed by atoms with Crippen molar-refractivity contribution in [3.63, 3.8) is 0 Å². The smallest absolute Gasteiger partial charge is 0.341 e. The van der Waals surface area contributed by atoms with Crippen LogP contribution in [0.1, 0.15) is 59.1 Å². The van der Waals surface area contributed by atoms with Crippen LogP contribution in [0.5, 0.6) is 0 Å². The Bertz CT molecular complexity index is 1120. The summed E-state index contributed by atoms with van der Waals surface area (Å²) in [5, 5.41) is 4.90. The molecule has 5 rings (SSSR count). The van der Waals surface area contributed by atoms with Gasteiger partial charge in [0.15, 0.2) is 5.11 Å². The van der Waals surface area contributed by atoms with Gasteiger partial charge in [-0.2, -0.15) is 0 Å². The molecule has 0 aromatic carbocycles. The van der Waals surface area contributed by atoms with E-state index < -0.39 is 0 Å². The average molecular weight is 472 g/mol. The number of hydrogen-bond acceptors (Lipinski definition) is 5. The topological polar surface area (TPSA) is 63.6 Å². The fourth-order valence-electron chi connectivity index (χ4n) is 5.50. The molecule has 0 saturated carbocycles. The van der Waals surface area contributed by atoms with Crippen LogP contribution in [0.3, 0.4) is 0 Å². The molecule has 32 heavy (non-hydrogen) atoms. The maximum absolute atomic E-state index is 12.8. The van der Waals surface area contributed by atoms with Crippen LogP contribution < -0.4 is 10.9 Å². The molecular formula is C24H29N3O3S2. The molecule has 2 bridgehead atoms. The summed E-state index contributed by atoms with van der Waals surface area (Å²) in [7, 11) is 0. The van der Waals surface area contributed by atoms with E-state index in [2.05, 4.69) is 23.2 Å². The average Bonchev–Trinajstić information content (AvgIpc) is 3.11. The van der Waals surface area contributed by atoms with Crippen LogP contribution in [-0.4, -0.2) is 40.2 Å². The molecule has 2 aromatic heterocycles. The molecule has 1 saturated heterocycles. The number of fused-ring (bicyclic) bond motifs is 5. The zero-order chi connectivity index (χ0) is 22.4. The summed E-state index contributed by atoms with van der Waals surface area (Å²) in [5.74, 6) is 1.05. The number of thiophene rings is 1. The molecule has 8 heteroatoms.